The molecule has 2 nitrogen and oxygen atoms in total. The average molecular weight is 353 g/mol. The number of hydrogen-bond donors (Lipinski definition) is 0. The fourth-order valence-electron chi connectivity index (χ4n) is 4.94. The molecule has 0 spiro atoms. The Labute approximate surface area is 157 Å². The Morgan fingerprint density at radius 1 is 0.680 bits per heavy atom. The molecule has 0 aliphatic heterocycles. The van der Waals surface area contributed by atoms with Crippen molar-refractivity contribution in [2.75, 3.05) is 13.2 Å². The van der Waals surface area contributed by atoms with Crippen LogP contribution in [0.1, 0.15) is 98.3 Å². The van der Waals surface area contributed by atoms with Gasteiger partial charge in [-0.3, -0.25) is 0 Å². The standard InChI is InChI=1S/C23H44O2/c1-5-7-8-16-24-22-14-15-23(19(4)18(22)3)25-17-21-12-10-20(9-6-2)11-13-21/h18-23H,5-17H2,1-4H3. The Hall–Kier alpha value is -0.0800. The third kappa shape index (κ3) is 6.86. The maximum Gasteiger partial charge on any atom is 0.0605 e. The molecule has 0 N–H and O–H groups in total. The van der Waals surface area contributed by atoms with E-state index < -0.39 is 0 Å². The van der Waals surface area contributed by atoms with E-state index in [9.17, 15) is 0 Å². The molecular weight excluding hydrogens is 308 g/mol. The predicted molar refractivity (Wildman–Crippen MR) is 107 cm³/mol. The van der Waals surface area contributed by atoms with Gasteiger partial charge in [-0.2, -0.15) is 0 Å². The minimum Gasteiger partial charge on any atom is -0.378 e. The van der Waals surface area contributed by atoms with E-state index >= 15 is 0 Å². The van der Waals surface area contributed by atoms with Crippen LogP contribution in [0.5, 0.6) is 0 Å². The lowest BCUT2D eigenvalue weighted by Gasteiger charge is -2.40. The predicted octanol–water partition coefficient (Wildman–Crippen LogP) is 6.62. The topological polar surface area (TPSA) is 18.5 Å². The second-order valence-corrected chi connectivity index (χ2v) is 8.96. The molecule has 0 amide bonds. The van der Waals surface area contributed by atoms with Crippen molar-refractivity contribution in [3.8, 4) is 0 Å². The highest BCUT2D eigenvalue weighted by Crippen LogP contribution is 2.36. The molecule has 0 aromatic carbocycles. The summed E-state index contributed by atoms with van der Waals surface area (Å²) in [5, 5.41) is 0. The lowest BCUT2D eigenvalue weighted by molar-refractivity contribution is -0.0993. The van der Waals surface area contributed by atoms with Gasteiger partial charge in [-0.25, -0.2) is 0 Å². The molecule has 2 heteroatoms. The van der Waals surface area contributed by atoms with E-state index in [1.807, 2.05) is 0 Å². The zero-order valence-corrected chi connectivity index (χ0v) is 17.5. The molecular formula is C23H44O2. The van der Waals surface area contributed by atoms with E-state index in [0.29, 0.717) is 24.0 Å². The molecule has 2 fully saturated rings. The van der Waals surface area contributed by atoms with Crippen LogP contribution in [-0.2, 0) is 9.47 Å². The van der Waals surface area contributed by atoms with Crippen LogP contribution in [0.3, 0.4) is 0 Å². The molecule has 0 aromatic heterocycles. The molecule has 0 bridgehead atoms. The summed E-state index contributed by atoms with van der Waals surface area (Å²) >= 11 is 0. The van der Waals surface area contributed by atoms with Crippen LogP contribution in [0.15, 0.2) is 0 Å². The van der Waals surface area contributed by atoms with E-state index in [1.165, 1.54) is 70.6 Å². The normalized spacial score (nSPS) is 36.5. The molecule has 2 rings (SSSR count). The first-order valence-corrected chi connectivity index (χ1v) is 11.4. The maximum atomic E-state index is 6.44. The third-order valence-electron chi connectivity index (χ3n) is 7.03. The first kappa shape index (κ1) is 21.2. The van der Waals surface area contributed by atoms with Crippen molar-refractivity contribution in [2.24, 2.45) is 23.7 Å². The lowest BCUT2D eigenvalue weighted by Crippen LogP contribution is -2.41. The van der Waals surface area contributed by atoms with E-state index in [-0.39, 0.29) is 0 Å². The monoisotopic (exact) mass is 352 g/mol. The number of rotatable bonds is 10. The Morgan fingerprint density at radius 3 is 1.88 bits per heavy atom. The smallest absolute Gasteiger partial charge is 0.0605 e. The summed E-state index contributed by atoms with van der Waals surface area (Å²) in [4.78, 5) is 0. The highest BCUT2D eigenvalue weighted by Gasteiger charge is 2.35. The first-order valence-electron chi connectivity index (χ1n) is 11.4. The molecule has 0 saturated heterocycles. The van der Waals surface area contributed by atoms with Crippen LogP contribution in [0.2, 0.25) is 0 Å². The molecule has 0 aromatic rings. The Balaban J connectivity index is 1.65. The Bertz CT molecular complexity index is 335. The van der Waals surface area contributed by atoms with Gasteiger partial charge >= 0.3 is 0 Å². The summed E-state index contributed by atoms with van der Waals surface area (Å²) in [6.45, 7) is 11.3. The summed E-state index contributed by atoms with van der Waals surface area (Å²) in [5.74, 6) is 3.07. The van der Waals surface area contributed by atoms with Crippen molar-refractivity contribution in [3.05, 3.63) is 0 Å². The summed E-state index contributed by atoms with van der Waals surface area (Å²) in [5.41, 5.74) is 0. The summed E-state index contributed by atoms with van der Waals surface area (Å²) in [6.07, 6.45) is 15.5. The molecule has 2 aliphatic rings. The zero-order valence-electron chi connectivity index (χ0n) is 17.5. The quantitative estimate of drug-likeness (QED) is 0.411. The average Bonchev–Trinajstić information content (AvgIpc) is 2.63. The van der Waals surface area contributed by atoms with Crippen LogP contribution in [0.4, 0.5) is 0 Å². The van der Waals surface area contributed by atoms with E-state index in [1.54, 1.807) is 0 Å². The van der Waals surface area contributed by atoms with Crippen LogP contribution >= 0.6 is 0 Å². The summed E-state index contributed by atoms with van der Waals surface area (Å²) < 4.78 is 12.6. The van der Waals surface area contributed by atoms with Gasteiger partial charge in [0, 0.05) is 13.2 Å². The highest BCUT2D eigenvalue weighted by molar-refractivity contribution is 4.85. The van der Waals surface area contributed by atoms with E-state index in [4.69, 9.17) is 9.47 Å². The van der Waals surface area contributed by atoms with E-state index in [2.05, 4.69) is 27.7 Å². The number of ether oxygens (including phenoxy) is 2. The first-order chi connectivity index (χ1) is 12.2. The Kier molecular flexibility index (Phi) is 9.84. The molecule has 4 atom stereocenters. The van der Waals surface area contributed by atoms with Crippen LogP contribution < -0.4 is 0 Å². The van der Waals surface area contributed by atoms with Gasteiger partial charge in [-0.05, 0) is 55.8 Å². The summed E-state index contributed by atoms with van der Waals surface area (Å²) in [6, 6.07) is 0. The van der Waals surface area contributed by atoms with Gasteiger partial charge in [0.25, 0.3) is 0 Å². The van der Waals surface area contributed by atoms with Gasteiger partial charge in [0.05, 0.1) is 12.2 Å². The van der Waals surface area contributed by atoms with Gasteiger partial charge in [0.1, 0.15) is 0 Å². The zero-order chi connectivity index (χ0) is 18.1. The van der Waals surface area contributed by atoms with Gasteiger partial charge in [-0.15, -0.1) is 0 Å². The minimum atomic E-state index is 0.455. The largest absolute Gasteiger partial charge is 0.378 e. The molecule has 0 radical (unpaired) electrons. The molecule has 0 heterocycles. The molecule has 25 heavy (non-hydrogen) atoms. The molecule has 4 unspecified atom stereocenters. The molecule has 2 saturated carbocycles. The maximum absolute atomic E-state index is 6.44. The highest BCUT2D eigenvalue weighted by atomic mass is 16.5. The minimum absolute atomic E-state index is 0.455. The van der Waals surface area contributed by atoms with Crippen molar-refractivity contribution in [1.82, 2.24) is 0 Å². The van der Waals surface area contributed by atoms with Crippen LogP contribution in [0, 0.1) is 23.7 Å². The summed E-state index contributed by atoms with van der Waals surface area (Å²) in [7, 11) is 0. The van der Waals surface area contributed by atoms with Crippen molar-refractivity contribution >= 4 is 0 Å². The van der Waals surface area contributed by atoms with E-state index in [0.717, 1.165) is 25.0 Å². The lowest BCUT2D eigenvalue weighted by atomic mass is 9.77. The fraction of sp³-hybridized carbons (Fsp3) is 1.00. The van der Waals surface area contributed by atoms with Gasteiger partial charge in [-0.1, -0.05) is 66.2 Å². The molecule has 148 valence electrons. The van der Waals surface area contributed by atoms with Crippen molar-refractivity contribution in [3.63, 3.8) is 0 Å². The SMILES string of the molecule is CCCCCOC1CCC(OCC2CCC(CCC)CC2)C(C)C1C. The van der Waals surface area contributed by atoms with Gasteiger partial charge in [0.15, 0.2) is 0 Å². The number of hydrogen-bond acceptors (Lipinski definition) is 2. The third-order valence-corrected chi connectivity index (χ3v) is 7.03. The van der Waals surface area contributed by atoms with Crippen molar-refractivity contribution in [2.45, 2.75) is 111 Å². The van der Waals surface area contributed by atoms with Crippen molar-refractivity contribution < 1.29 is 9.47 Å². The molecule has 2 aliphatic carbocycles. The van der Waals surface area contributed by atoms with Gasteiger partial charge in [0.2, 0.25) is 0 Å². The second-order valence-electron chi connectivity index (χ2n) is 8.96. The van der Waals surface area contributed by atoms with Crippen LogP contribution in [0.25, 0.3) is 0 Å². The number of unbranched alkanes of at least 4 members (excludes halogenated alkanes) is 2. The Morgan fingerprint density at radius 2 is 1.28 bits per heavy atom. The fourth-order valence-corrected chi connectivity index (χ4v) is 4.94. The van der Waals surface area contributed by atoms with Crippen LogP contribution in [-0.4, -0.2) is 25.4 Å². The van der Waals surface area contributed by atoms with Gasteiger partial charge < -0.3 is 9.47 Å². The van der Waals surface area contributed by atoms with Crippen molar-refractivity contribution in [1.29, 1.82) is 0 Å². The second kappa shape index (κ2) is 11.6.